The van der Waals surface area contributed by atoms with Gasteiger partial charge in [0.2, 0.25) is 0 Å². The number of nitrogens with zero attached hydrogens (tertiary/aromatic N) is 1. The van der Waals surface area contributed by atoms with Crippen LogP contribution in [-0.2, 0) is 4.79 Å². The number of amides is 3. The fraction of sp³-hybridized carbons (Fsp3) is 0.818. The molecule has 0 spiro atoms. The second kappa shape index (κ2) is 4.82. The molecule has 1 rings (SSSR count). The van der Waals surface area contributed by atoms with Crippen LogP contribution >= 0.6 is 0 Å². The predicted molar refractivity (Wildman–Crippen MR) is 59.9 cm³/mol. The zero-order chi connectivity index (χ0) is 12.3. The average molecular weight is 228 g/mol. The fourth-order valence-corrected chi connectivity index (χ4v) is 2.18. The molecule has 0 aromatic heterocycles. The number of urea groups is 1. The van der Waals surface area contributed by atoms with Crippen molar-refractivity contribution < 1.29 is 14.7 Å². The number of carbonyl (C=O) groups is 2. The Kier molecular flexibility index (Phi) is 3.91. The summed E-state index contributed by atoms with van der Waals surface area (Å²) in [6.45, 7) is 5.89. The first-order valence-corrected chi connectivity index (χ1v) is 5.79. The summed E-state index contributed by atoms with van der Waals surface area (Å²) in [5, 5.41) is 11.6. The molecule has 1 fully saturated rings. The molecule has 2 N–H and O–H groups in total. The molecule has 92 valence electrons. The van der Waals surface area contributed by atoms with E-state index in [0.29, 0.717) is 25.8 Å². The van der Waals surface area contributed by atoms with Crippen molar-refractivity contribution in [3.05, 3.63) is 0 Å². The van der Waals surface area contributed by atoms with E-state index in [1.165, 1.54) is 0 Å². The van der Waals surface area contributed by atoms with E-state index in [-0.39, 0.29) is 11.9 Å². The zero-order valence-corrected chi connectivity index (χ0v) is 10.1. The second-order valence-corrected chi connectivity index (χ2v) is 4.29. The van der Waals surface area contributed by atoms with Gasteiger partial charge in [-0.1, -0.05) is 13.8 Å². The molecule has 0 bridgehead atoms. The van der Waals surface area contributed by atoms with Gasteiger partial charge in [-0.05, 0) is 26.2 Å². The van der Waals surface area contributed by atoms with Gasteiger partial charge in [-0.3, -0.25) is 10.1 Å². The highest BCUT2D eigenvalue weighted by Crippen LogP contribution is 2.29. The van der Waals surface area contributed by atoms with Gasteiger partial charge in [0.25, 0.3) is 5.91 Å². The van der Waals surface area contributed by atoms with E-state index in [0.717, 1.165) is 0 Å². The summed E-state index contributed by atoms with van der Waals surface area (Å²) in [7, 11) is 0. The standard InChI is InChI=1S/C11H20N2O3/c1-4-11(5-2)9(15)12-10(16)13(11)7-6-8(3)14/h8,14H,4-7H2,1-3H3,(H,12,15,16). The fourth-order valence-electron chi connectivity index (χ4n) is 2.18. The molecule has 1 atom stereocenters. The lowest BCUT2D eigenvalue weighted by Crippen LogP contribution is -2.49. The van der Waals surface area contributed by atoms with Crippen molar-refractivity contribution in [3.8, 4) is 0 Å². The Balaban J connectivity index is 2.85. The predicted octanol–water partition coefficient (Wildman–Crippen LogP) is 0.868. The Morgan fingerprint density at radius 3 is 2.38 bits per heavy atom. The van der Waals surface area contributed by atoms with E-state index in [4.69, 9.17) is 0 Å². The summed E-state index contributed by atoms with van der Waals surface area (Å²) in [6.07, 6.45) is 1.22. The third-order valence-electron chi connectivity index (χ3n) is 3.35. The van der Waals surface area contributed by atoms with Crippen LogP contribution in [0.2, 0.25) is 0 Å². The molecule has 5 heteroatoms. The van der Waals surface area contributed by atoms with Crippen molar-refractivity contribution in [2.75, 3.05) is 6.54 Å². The van der Waals surface area contributed by atoms with Crippen molar-refractivity contribution in [1.82, 2.24) is 10.2 Å². The Morgan fingerprint density at radius 2 is 1.94 bits per heavy atom. The molecule has 1 aliphatic heterocycles. The number of aliphatic hydroxyl groups is 1. The lowest BCUT2D eigenvalue weighted by atomic mass is 9.91. The van der Waals surface area contributed by atoms with Crippen LogP contribution in [0.5, 0.6) is 0 Å². The lowest BCUT2D eigenvalue weighted by molar-refractivity contribution is -0.127. The van der Waals surface area contributed by atoms with Gasteiger partial charge in [0, 0.05) is 6.54 Å². The Morgan fingerprint density at radius 1 is 1.38 bits per heavy atom. The van der Waals surface area contributed by atoms with Crippen LogP contribution in [0.1, 0.15) is 40.0 Å². The van der Waals surface area contributed by atoms with Crippen LogP contribution in [0.3, 0.4) is 0 Å². The van der Waals surface area contributed by atoms with E-state index >= 15 is 0 Å². The van der Waals surface area contributed by atoms with Crippen molar-refractivity contribution in [2.24, 2.45) is 0 Å². The lowest BCUT2D eigenvalue weighted by Gasteiger charge is -2.33. The molecule has 0 aliphatic carbocycles. The number of hydrogen-bond donors (Lipinski definition) is 2. The normalized spacial score (nSPS) is 21.1. The van der Waals surface area contributed by atoms with E-state index in [2.05, 4.69) is 5.32 Å². The zero-order valence-electron chi connectivity index (χ0n) is 10.1. The van der Waals surface area contributed by atoms with Crippen molar-refractivity contribution in [3.63, 3.8) is 0 Å². The van der Waals surface area contributed by atoms with E-state index in [9.17, 15) is 14.7 Å². The Bertz CT molecular complexity index is 285. The van der Waals surface area contributed by atoms with Gasteiger partial charge < -0.3 is 10.0 Å². The van der Waals surface area contributed by atoms with Crippen LogP contribution in [0, 0.1) is 0 Å². The monoisotopic (exact) mass is 228 g/mol. The highest BCUT2D eigenvalue weighted by molar-refractivity contribution is 6.06. The number of imide groups is 1. The summed E-state index contributed by atoms with van der Waals surface area (Å²) >= 11 is 0. The van der Waals surface area contributed by atoms with Crippen LogP contribution in [0.25, 0.3) is 0 Å². The van der Waals surface area contributed by atoms with E-state index < -0.39 is 11.6 Å². The Labute approximate surface area is 95.8 Å². The van der Waals surface area contributed by atoms with Gasteiger partial charge >= 0.3 is 6.03 Å². The number of nitrogens with one attached hydrogen (secondary N) is 1. The first kappa shape index (κ1) is 13.0. The van der Waals surface area contributed by atoms with Crippen molar-refractivity contribution >= 4 is 11.9 Å². The molecule has 16 heavy (non-hydrogen) atoms. The minimum absolute atomic E-state index is 0.215. The molecule has 5 nitrogen and oxygen atoms in total. The molecular weight excluding hydrogens is 208 g/mol. The summed E-state index contributed by atoms with van der Waals surface area (Å²) in [5.74, 6) is -0.215. The summed E-state index contributed by atoms with van der Waals surface area (Å²) in [5.41, 5.74) is -0.716. The van der Waals surface area contributed by atoms with E-state index in [1.54, 1.807) is 11.8 Å². The van der Waals surface area contributed by atoms with Crippen LogP contribution < -0.4 is 5.32 Å². The highest BCUT2D eigenvalue weighted by atomic mass is 16.3. The van der Waals surface area contributed by atoms with E-state index in [1.807, 2.05) is 13.8 Å². The molecule has 1 heterocycles. The molecule has 0 radical (unpaired) electrons. The van der Waals surface area contributed by atoms with Gasteiger partial charge in [-0.15, -0.1) is 0 Å². The quantitative estimate of drug-likeness (QED) is 0.686. The number of hydrogen-bond acceptors (Lipinski definition) is 3. The van der Waals surface area contributed by atoms with Gasteiger partial charge in [0.05, 0.1) is 6.10 Å². The van der Waals surface area contributed by atoms with Gasteiger partial charge in [0.1, 0.15) is 5.54 Å². The first-order chi connectivity index (χ1) is 7.47. The van der Waals surface area contributed by atoms with Gasteiger partial charge in [-0.2, -0.15) is 0 Å². The molecule has 0 aromatic carbocycles. The highest BCUT2D eigenvalue weighted by Gasteiger charge is 2.49. The molecule has 1 aliphatic rings. The minimum atomic E-state index is -0.716. The van der Waals surface area contributed by atoms with Crippen molar-refractivity contribution in [1.29, 1.82) is 0 Å². The second-order valence-electron chi connectivity index (χ2n) is 4.29. The SMILES string of the molecule is CCC1(CC)C(=O)NC(=O)N1CCC(C)O. The summed E-state index contributed by atoms with van der Waals surface area (Å²) in [4.78, 5) is 25.0. The summed E-state index contributed by atoms with van der Waals surface area (Å²) < 4.78 is 0. The Hall–Kier alpha value is -1.10. The average Bonchev–Trinajstić information content (AvgIpc) is 2.46. The number of carbonyl (C=O) groups excluding carboxylic acids is 2. The van der Waals surface area contributed by atoms with Crippen molar-refractivity contribution in [2.45, 2.75) is 51.7 Å². The van der Waals surface area contributed by atoms with Crippen LogP contribution in [0.4, 0.5) is 4.79 Å². The maximum Gasteiger partial charge on any atom is 0.325 e. The molecule has 3 amide bonds. The number of rotatable bonds is 5. The molecule has 1 saturated heterocycles. The number of aliphatic hydroxyl groups excluding tert-OH is 1. The largest absolute Gasteiger partial charge is 0.393 e. The van der Waals surface area contributed by atoms with Crippen LogP contribution in [-0.4, -0.2) is 40.1 Å². The molecule has 0 aromatic rings. The third kappa shape index (κ3) is 2.04. The first-order valence-electron chi connectivity index (χ1n) is 5.79. The maximum atomic E-state index is 11.8. The van der Waals surface area contributed by atoms with Crippen LogP contribution in [0.15, 0.2) is 0 Å². The minimum Gasteiger partial charge on any atom is -0.393 e. The molecule has 0 saturated carbocycles. The topological polar surface area (TPSA) is 69.6 Å². The van der Waals surface area contributed by atoms with Gasteiger partial charge in [0.15, 0.2) is 0 Å². The molecule has 1 unspecified atom stereocenters. The summed E-state index contributed by atoms with van der Waals surface area (Å²) in [6, 6.07) is -0.339. The van der Waals surface area contributed by atoms with Gasteiger partial charge in [-0.25, -0.2) is 4.79 Å². The molecular formula is C11H20N2O3. The third-order valence-corrected chi connectivity index (χ3v) is 3.35. The smallest absolute Gasteiger partial charge is 0.325 e. The maximum absolute atomic E-state index is 11.8.